The third-order valence-electron chi connectivity index (χ3n) is 3.94. The number of benzene rings is 1. The number of nitrogens with one attached hydrogen (secondary N) is 1. The number of halogens is 1. The monoisotopic (exact) mass is 398 g/mol. The Labute approximate surface area is 155 Å². The number of hydrogen-bond donors (Lipinski definition) is 1. The third kappa shape index (κ3) is 4.60. The van der Waals surface area contributed by atoms with Gasteiger partial charge >= 0.3 is 0 Å². The first-order valence-electron chi connectivity index (χ1n) is 8.19. The highest BCUT2D eigenvalue weighted by Crippen LogP contribution is 2.27. The number of ether oxygens (including phenoxy) is 1. The molecule has 0 spiro atoms. The van der Waals surface area contributed by atoms with Crippen LogP contribution in [-0.4, -0.2) is 38.3 Å². The summed E-state index contributed by atoms with van der Waals surface area (Å²) in [5.74, 6) is -0.317. The average Bonchev–Trinajstić information content (AvgIpc) is 3.31. The number of nitrogens with zero attached hydrogens (tertiary/aromatic N) is 1. The minimum Gasteiger partial charge on any atom is -0.484 e. The molecule has 9 heteroatoms. The van der Waals surface area contributed by atoms with E-state index in [9.17, 15) is 17.6 Å². The molecule has 1 aromatic heterocycles. The van der Waals surface area contributed by atoms with Gasteiger partial charge in [-0.1, -0.05) is 0 Å². The standard InChI is InChI=1S/C17H19FN2O4S2/c18-13-3-5-14(6-4-13)24-12-16(21)19-11-15-7-8-17(25-15)26(22,23)20-9-1-2-10-20/h3-8H,1-2,9-12H2,(H,19,21). The largest absolute Gasteiger partial charge is 0.484 e. The highest BCUT2D eigenvalue weighted by Gasteiger charge is 2.28. The molecule has 0 saturated carbocycles. The second kappa shape index (κ2) is 8.15. The van der Waals surface area contributed by atoms with E-state index >= 15 is 0 Å². The molecule has 1 aromatic carbocycles. The van der Waals surface area contributed by atoms with Crippen molar-refractivity contribution in [1.82, 2.24) is 9.62 Å². The highest BCUT2D eigenvalue weighted by molar-refractivity contribution is 7.91. The van der Waals surface area contributed by atoms with Crippen LogP contribution in [0.1, 0.15) is 17.7 Å². The van der Waals surface area contributed by atoms with Crippen LogP contribution in [0.15, 0.2) is 40.6 Å². The number of sulfonamides is 1. The van der Waals surface area contributed by atoms with Gasteiger partial charge in [-0.05, 0) is 49.2 Å². The lowest BCUT2D eigenvalue weighted by Gasteiger charge is -2.13. The molecule has 1 fully saturated rings. The van der Waals surface area contributed by atoms with E-state index in [1.165, 1.54) is 28.6 Å². The van der Waals surface area contributed by atoms with Gasteiger partial charge in [0.1, 0.15) is 15.8 Å². The third-order valence-corrected chi connectivity index (χ3v) is 7.39. The smallest absolute Gasteiger partial charge is 0.258 e. The molecule has 1 aliphatic rings. The van der Waals surface area contributed by atoms with Gasteiger partial charge in [-0.25, -0.2) is 12.8 Å². The average molecular weight is 398 g/mol. The molecule has 0 radical (unpaired) electrons. The Balaban J connectivity index is 1.49. The lowest BCUT2D eigenvalue weighted by atomic mass is 10.3. The van der Waals surface area contributed by atoms with Crippen molar-refractivity contribution in [2.45, 2.75) is 23.6 Å². The van der Waals surface area contributed by atoms with Crippen LogP contribution in [0.4, 0.5) is 4.39 Å². The summed E-state index contributed by atoms with van der Waals surface area (Å²) < 4.78 is 44.8. The molecular weight excluding hydrogens is 379 g/mol. The molecule has 1 aliphatic heterocycles. The van der Waals surface area contributed by atoms with E-state index in [1.807, 2.05) is 0 Å². The van der Waals surface area contributed by atoms with Gasteiger partial charge < -0.3 is 10.1 Å². The van der Waals surface area contributed by atoms with Crippen molar-refractivity contribution in [2.24, 2.45) is 0 Å². The van der Waals surface area contributed by atoms with Crippen molar-refractivity contribution in [1.29, 1.82) is 0 Å². The van der Waals surface area contributed by atoms with Gasteiger partial charge in [0.05, 0.1) is 6.54 Å². The van der Waals surface area contributed by atoms with E-state index in [4.69, 9.17) is 4.74 Å². The minimum absolute atomic E-state index is 0.198. The van der Waals surface area contributed by atoms with Gasteiger partial charge in [0.2, 0.25) is 0 Å². The van der Waals surface area contributed by atoms with Crippen molar-refractivity contribution in [2.75, 3.05) is 19.7 Å². The lowest BCUT2D eigenvalue weighted by molar-refractivity contribution is -0.123. The summed E-state index contributed by atoms with van der Waals surface area (Å²) in [6.45, 7) is 1.15. The Kier molecular flexibility index (Phi) is 5.90. The zero-order chi connectivity index (χ0) is 18.6. The molecule has 0 unspecified atom stereocenters. The molecule has 3 rings (SSSR count). The SMILES string of the molecule is O=C(COc1ccc(F)cc1)NCc1ccc(S(=O)(=O)N2CCCC2)s1. The Hall–Kier alpha value is -1.97. The van der Waals surface area contributed by atoms with Crippen LogP contribution in [0.3, 0.4) is 0 Å². The second-order valence-electron chi connectivity index (χ2n) is 5.85. The maximum absolute atomic E-state index is 12.8. The summed E-state index contributed by atoms with van der Waals surface area (Å²) in [5.41, 5.74) is 0. The number of carbonyl (C=O) groups excluding carboxylic acids is 1. The van der Waals surface area contributed by atoms with Crippen molar-refractivity contribution < 1.29 is 22.3 Å². The summed E-state index contributed by atoms with van der Waals surface area (Å²) in [5, 5.41) is 2.68. The first kappa shape index (κ1) is 18.8. The van der Waals surface area contributed by atoms with Crippen molar-refractivity contribution in [3.05, 3.63) is 47.1 Å². The van der Waals surface area contributed by atoms with Gasteiger partial charge in [0.25, 0.3) is 15.9 Å². The van der Waals surface area contributed by atoms with E-state index in [-0.39, 0.29) is 24.9 Å². The van der Waals surface area contributed by atoms with E-state index in [2.05, 4.69) is 5.32 Å². The van der Waals surface area contributed by atoms with Crippen molar-refractivity contribution in [3.8, 4) is 5.75 Å². The molecule has 0 aliphatic carbocycles. The topological polar surface area (TPSA) is 75.7 Å². The predicted molar refractivity (Wildman–Crippen MR) is 96.1 cm³/mol. The van der Waals surface area contributed by atoms with Crippen LogP contribution in [-0.2, 0) is 21.4 Å². The van der Waals surface area contributed by atoms with Gasteiger partial charge in [0.15, 0.2) is 6.61 Å². The summed E-state index contributed by atoms with van der Waals surface area (Å²) in [6.07, 6.45) is 1.78. The zero-order valence-corrected chi connectivity index (χ0v) is 15.6. The zero-order valence-electron chi connectivity index (χ0n) is 14.0. The van der Waals surface area contributed by atoms with Crippen LogP contribution in [0.25, 0.3) is 0 Å². The molecule has 6 nitrogen and oxygen atoms in total. The van der Waals surface area contributed by atoms with E-state index < -0.39 is 10.0 Å². The van der Waals surface area contributed by atoms with E-state index in [0.29, 0.717) is 23.0 Å². The predicted octanol–water partition coefficient (Wildman–Crippen LogP) is 2.37. The number of hydrogen-bond acceptors (Lipinski definition) is 5. The Bertz CT molecular complexity index is 859. The van der Waals surface area contributed by atoms with E-state index in [0.717, 1.165) is 29.1 Å². The molecule has 1 N–H and O–H groups in total. The van der Waals surface area contributed by atoms with Gasteiger partial charge in [-0.2, -0.15) is 4.31 Å². The van der Waals surface area contributed by atoms with Crippen LogP contribution in [0.2, 0.25) is 0 Å². The maximum atomic E-state index is 12.8. The van der Waals surface area contributed by atoms with Crippen molar-refractivity contribution in [3.63, 3.8) is 0 Å². The summed E-state index contributed by atoms with van der Waals surface area (Å²) in [4.78, 5) is 12.6. The Morgan fingerprint density at radius 2 is 1.85 bits per heavy atom. The molecule has 1 saturated heterocycles. The fraction of sp³-hybridized carbons (Fsp3) is 0.353. The first-order chi connectivity index (χ1) is 12.4. The molecular formula is C17H19FN2O4S2. The number of rotatable bonds is 7. The number of carbonyl (C=O) groups is 1. The molecule has 0 atom stereocenters. The number of amides is 1. The highest BCUT2D eigenvalue weighted by atomic mass is 32.2. The minimum atomic E-state index is -3.42. The number of thiophene rings is 1. The van der Waals surface area contributed by atoms with Crippen LogP contribution >= 0.6 is 11.3 Å². The van der Waals surface area contributed by atoms with Gasteiger partial charge in [-0.15, -0.1) is 11.3 Å². The quantitative estimate of drug-likeness (QED) is 0.777. The van der Waals surface area contributed by atoms with Crippen LogP contribution in [0.5, 0.6) is 5.75 Å². The molecule has 1 amide bonds. The van der Waals surface area contributed by atoms with Crippen LogP contribution in [0, 0.1) is 5.82 Å². The normalized spacial score (nSPS) is 15.1. The summed E-state index contributed by atoms with van der Waals surface area (Å²) >= 11 is 1.16. The molecule has 140 valence electrons. The Morgan fingerprint density at radius 3 is 2.54 bits per heavy atom. The summed E-state index contributed by atoms with van der Waals surface area (Å²) in [6, 6.07) is 8.67. The lowest BCUT2D eigenvalue weighted by Crippen LogP contribution is -2.28. The molecule has 0 bridgehead atoms. The summed E-state index contributed by atoms with van der Waals surface area (Å²) in [7, 11) is -3.42. The molecule has 2 aromatic rings. The fourth-order valence-electron chi connectivity index (χ4n) is 2.56. The first-order valence-corrected chi connectivity index (χ1v) is 10.4. The van der Waals surface area contributed by atoms with E-state index in [1.54, 1.807) is 12.1 Å². The Morgan fingerprint density at radius 1 is 1.15 bits per heavy atom. The second-order valence-corrected chi connectivity index (χ2v) is 9.18. The van der Waals surface area contributed by atoms with Gasteiger partial charge in [-0.3, -0.25) is 4.79 Å². The van der Waals surface area contributed by atoms with Gasteiger partial charge in [0, 0.05) is 18.0 Å². The maximum Gasteiger partial charge on any atom is 0.258 e. The fourth-order valence-corrected chi connectivity index (χ4v) is 5.53. The van der Waals surface area contributed by atoms with Crippen molar-refractivity contribution >= 4 is 27.3 Å². The molecule has 2 heterocycles. The molecule has 26 heavy (non-hydrogen) atoms. The van der Waals surface area contributed by atoms with Crippen LogP contribution < -0.4 is 10.1 Å².